The van der Waals surface area contributed by atoms with Gasteiger partial charge in [0.2, 0.25) is 0 Å². The maximum absolute atomic E-state index is 12.4. The normalized spacial score (nSPS) is 23.8. The number of benzene rings is 1. The maximum Gasteiger partial charge on any atom is 0.344 e. The van der Waals surface area contributed by atoms with Crippen LogP contribution in [0, 0.1) is 5.41 Å². The van der Waals surface area contributed by atoms with E-state index in [9.17, 15) is 14.4 Å². The van der Waals surface area contributed by atoms with Gasteiger partial charge in [-0.2, -0.15) is 0 Å². The molecule has 0 saturated carbocycles. The van der Waals surface area contributed by atoms with Crippen LogP contribution in [0.2, 0.25) is 0 Å². The van der Waals surface area contributed by atoms with Gasteiger partial charge in [-0.3, -0.25) is 9.59 Å². The Kier molecular flexibility index (Phi) is 3.67. The van der Waals surface area contributed by atoms with Gasteiger partial charge >= 0.3 is 5.97 Å². The molecule has 0 spiro atoms. The van der Waals surface area contributed by atoms with E-state index in [4.69, 9.17) is 14.3 Å². The molecular formula is C15H15NO6. The number of carbonyl (C=O) groups is 3. The lowest BCUT2D eigenvalue weighted by molar-refractivity contribution is -0.184. The lowest BCUT2D eigenvalue weighted by Gasteiger charge is -2.25. The minimum atomic E-state index is -0.982. The molecule has 7 heteroatoms. The van der Waals surface area contributed by atoms with Crippen molar-refractivity contribution in [2.24, 2.45) is 5.41 Å². The summed E-state index contributed by atoms with van der Waals surface area (Å²) < 4.78 is 10.3. The fourth-order valence-corrected chi connectivity index (χ4v) is 2.65. The Morgan fingerprint density at radius 1 is 1.27 bits per heavy atom. The predicted octanol–water partition coefficient (Wildman–Crippen LogP) is 0.794. The molecule has 116 valence electrons. The van der Waals surface area contributed by atoms with Crippen molar-refractivity contribution in [3.8, 4) is 0 Å². The standard InChI is InChI=1S/C15H15NO6/c1-20-8-15(6-7-21-9-15)14(19)22-16-12(17)10-4-2-3-5-11(10)13(16)18/h2-5H,6-9H2,1H3. The van der Waals surface area contributed by atoms with Gasteiger partial charge in [-0.05, 0) is 18.6 Å². The van der Waals surface area contributed by atoms with Crippen molar-refractivity contribution in [3.63, 3.8) is 0 Å². The molecule has 1 aromatic carbocycles. The lowest BCUT2D eigenvalue weighted by atomic mass is 9.89. The van der Waals surface area contributed by atoms with Gasteiger partial charge in [0, 0.05) is 13.7 Å². The van der Waals surface area contributed by atoms with Crippen LogP contribution in [0.1, 0.15) is 27.1 Å². The van der Waals surface area contributed by atoms with Crippen LogP contribution in [0.5, 0.6) is 0 Å². The minimum absolute atomic E-state index is 0.106. The molecule has 7 nitrogen and oxygen atoms in total. The van der Waals surface area contributed by atoms with E-state index in [2.05, 4.69) is 0 Å². The van der Waals surface area contributed by atoms with Gasteiger partial charge in [0.1, 0.15) is 5.41 Å². The highest BCUT2D eigenvalue weighted by Gasteiger charge is 2.48. The van der Waals surface area contributed by atoms with E-state index >= 15 is 0 Å². The number of imide groups is 1. The number of methoxy groups -OCH3 is 1. The molecule has 0 aliphatic carbocycles. The fraction of sp³-hybridized carbons (Fsp3) is 0.400. The summed E-state index contributed by atoms with van der Waals surface area (Å²) in [7, 11) is 1.47. The number of carbonyl (C=O) groups excluding carboxylic acids is 3. The second-order valence-corrected chi connectivity index (χ2v) is 5.34. The molecule has 22 heavy (non-hydrogen) atoms. The van der Waals surface area contributed by atoms with Crippen molar-refractivity contribution in [3.05, 3.63) is 35.4 Å². The number of nitrogens with zero attached hydrogens (tertiary/aromatic N) is 1. The van der Waals surface area contributed by atoms with Crippen molar-refractivity contribution in [2.75, 3.05) is 26.9 Å². The lowest BCUT2D eigenvalue weighted by Crippen LogP contribution is -2.43. The first kappa shape index (κ1) is 14.7. The molecule has 1 saturated heterocycles. The Balaban J connectivity index is 1.81. The molecule has 0 bridgehead atoms. The van der Waals surface area contributed by atoms with Gasteiger partial charge in [0.05, 0.1) is 24.3 Å². The number of hydrogen-bond acceptors (Lipinski definition) is 6. The summed E-state index contributed by atoms with van der Waals surface area (Å²) in [4.78, 5) is 41.9. The van der Waals surface area contributed by atoms with Gasteiger partial charge in [0.25, 0.3) is 11.8 Å². The van der Waals surface area contributed by atoms with Crippen LogP contribution in [0.3, 0.4) is 0 Å². The second kappa shape index (κ2) is 5.51. The number of ether oxygens (including phenoxy) is 2. The van der Waals surface area contributed by atoms with E-state index in [1.54, 1.807) is 12.1 Å². The summed E-state index contributed by atoms with van der Waals surface area (Å²) in [5, 5.41) is 0.517. The topological polar surface area (TPSA) is 82.1 Å². The third kappa shape index (κ3) is 2.18. The average molecular weight is 305 g/mol. The third-order valence-corrected chi connectivity index (χ3v) is 3.89. The second-order valence-electron chi connectivity index (χ2n) is 5.34. The summed E-state index contributed by atoms with van der Waals surface area (Å²) in [6, 6.07) is 6.33. The summed E-state index contributed by atoms with van der Waals surface area (Å²) in [6.07, 6.45) is 0.419. The molecule has 1 unspecified atom stereocenters. The number of hydroxylamine groups is 2. The maximum atomic E-state index is 12.4. The number of rotatable bonds is 4. The van der Waals surface area contributed by atoms with Crippen LogP contribution in [-0.4, -0.2) is 49.8 Å². The van der Waals surface area contributed by atoms with Gasteiger partial charge in [-0.1, -0.05) is 17.2 Å². The molecule has 2 amide bonds. The smallest absolute Gasteiger partial charge is 0.344 e. The summed E-state index contributed by atoms with van der Waals surface area (Å²) in [5.41, 5.74) is -0.531. The third-order valence-electron chi connectivity index (χ3n) is 3.89. The van der Waals surface area contributed by atoms with E-state index in [1.165, 1.54) is 19.2 Å². The van der Waals surface area contributed by atoms with Crippen LogP contribution in [0.4, 0.5) is 0 Å². The highest BCUT2D eigenvalue weighted by Crippen LogP contribution is 2.32. The van der Waals surface area contributed by atoms with E-state index in [0.29, 0.717) is 18.1 Å². The Labute approximate surface area is 126 Å². The van der Waals surface area contributed by atoms with Gasteiger partial charge in [-0.15, -0.1) is 0 Å². The van der Waals surface area contributed by atoms with Crippen molar-refractivity contribution in [1.82, 2.24) is 5.06 Å². The molecular weight excluding hydrogens is 290 g/mol. The summed E-state index contributed by atoms with van der Waals surface area (Å²) in [6.45, 7) is 0.651. The first-order chi connectivity index (χ1) is 10.6. The first-order valence-corrected chi connectivity index (χ1v) is 6.86. The van der Waals surface area contributed by atoms with Crippen molar-refractivity contribution < 1.29 is 28.7 Å². The minimum Gasteiger partial charge on any atom is -0.383 e. The molecule has 2 heterocycles. The largest absolute Gasteiger partial charge is 0.383 e. The number of amides is 2. The zero-order valence-corrected chi connectivity index (χ0v) is 12.0. The number of fused-ring (bicyclic) bond motifs is 1. The molecule has 1 atom stereocenters. The summed E-state index contributed by atoms with van der Waals surface area (Å²) >= 11 is 0. The molecule has 1 fully saturated rings. The van der Waals surface area contributed by atoms with Crippen LogP contribution in [0.15, 0.2) is 24.3 Å². The molecule has 1 aromatic rings. The zero-order chi connectivity index (χ0) is 15.7. The highest BCUT2D eigenvalue weighted by atomic mass is 16.7. The molecule has 0 radical (unpaired) electrons. The van der Waals surface area contributed by atoms with Crippen molar-refractivity contribution in [2.45, 2.75) is 6.42 Å². The van der Waals surface area contributed by atoms with E-state index in [0.717, 1.165) is 0 Å². The van der Waals surface area contributed by atoms with Gasteiger partial charge in [0.15, 0.2) is 0 Å². The van der Waals surface area contributed by atoms with Crippen LogP contribution >= 0.6 is 0 Å². The quantitative estimate of drug-likeness (QED) is 0.765. The monoisotopic (exact) mass is 305 g/mol. The van der Waals surface area contributed by atoms with Crippen LogP contribution in [0.25, 0.3) is 0 Å². The van der Waals surface area contributed by atoms with Crippen molar-refractivity contribution >= 4 is 17.8 Å². The number of hydrogen-bond donors (Lipinski definition) is 0. The van der Waals surface area contributed by atoms with E-state index < -0.39 is 23.2 Å². The molecule has 0 aromatic heterocycles. The predicted molar refractivity (Wildman–Crippen MR) is 72.8 cm³/mol. The molecule has 3 rings (SSSR count). The van der Waals surface area contributed by atoms with Gasteiger partial charge in [-0.25, -0.2) is 4.79 Å². The first-order valence-electron chi connectivity index (χ1n) is 6.86. The average Bonchev–Trinajstić information content (AvgIpc) is 3.09. The Hall–Kier alpha value is -2.25. The summed E-state index contributed by atoms with van der Waals surface area (Å²) in [5.74, 6) is -1.97. The SMILES string of the molecule is COCC1(C(=O)ON2C(=O)c3ccccc3C2=O)CCOC1. The van der Waals surface area contributed by atoms with Crippen LogP contribution < -0.4 is 0 Å². The van der Waals surface area contributed by atoms with E-state index in [1.807, 2.05) is 0 Å². The fourth-order valence-electron chi connectivity index (χ4n) is 2.65. The van der Waals surface area contributed by atoms with E-state index in [-0.39, 0.29) is 24.3 Å². The van der Waals surface area contributed by atoms with Crippen molar-refractivity contribution in [1.29, 1.82) is 0 Å². The Morgan fingerprint density at radius 3 is 2.41 bits per heavy atom. The Morgan fingerprint density at radius 2 is 1.91 bits per heavy atom. The molecule has 2 aliphatic rings. The molecule has 2 aliphatic heterocycles. The Bertz CT molecular complexity index is 600. The van der Waals surface area contributed by atoms with Gasteiger partial charge < -0.3 is 14.3 Å². The van der Waals surface area contributed by atoms with Crippen LogP contribution in [-0.2, 0) is 19.1 Å². The molecule has 0 N–H and O–H groups in total. The highest BCUT2D eigenvalue weighted by molar-refractivity contribution is 6.20. The zero-order valence-electron chi connectivity index (χ0n) is 12.0.